The molecule has 2 rings (SSSR count). The van der Waals surface area contributed by atoms with Crippen LogP contribution in [0.25, 0.3) is 0 Å². The van der Waals surface area contributed by atoms with Crippen molar-refractivity contribution in [3.63, 3.8) is 0 Å². The monoisotopic (exact) mass is 317 g/mol. The molecule has 1 aromatic carbocycles. The normalized spacial score (nSPS) is 25.4. The van der Waals surface area contributed by atoms with Gasteiger partial charge in [-0.15, -0.1) is 0 Å². The number of ether oxygens (including phenoxy) is 1. The molecule has 2 unspecified atom stereocenters. The number of hydrogen-bond donors (Lipinski definition) is 2. The van der Waals surface area contributed by atoms with Crippen LogP contribution in [0.2, 0.25) is 0 Å². The maximum atomic E-state index is 12.2. The molecular formula is C16H22F3NO2. The van der Waals surface area contributed by atoms with Gasteiger partial charge in [0.2, 0.25) is 0 Å². The minimum Gasteiger partial charge on any atom is -0.484 e. The summed E-state index contributed by atoms with van der Waals surface area (Å²) in [6.45, 7) is 1.46. The molecule has 6 heteroatoms. The van der Waals surface area contributed by atoms with Gasteiger partial charge in [0.25, 0.3) is 0 Å². The van der Waals surface area contributed by atoms with Crippen LogP contribution >= 0.6 is 0 Å². The van der Waals surface area contributed by atoms with Crippen molar-refractivity contribution in [3.8, 4) is 5.75 Å². The molecular weight excluding hydrogens is 295 g/mol. The molecule has 0 radical (unpaired) electrons. The third kappa shape index (κ3) is 4.61. The SMILES string of the molecule is CC1(CO)CCCC1NCc1cccc(OCC(F)(F)F)c1. The fourth-order valence-electron chi connectivity index (χ4n) is 2.92. The van der Waals surface area contributed by atoms with Crippen LogP contribution in [0, 0.1) is 5.41 Å². The van der Waals surface area contributed by atoms with Crippen LogP contribution in [0.3, 0.4) is 0 Å². The Labute approximate surface area is 128 Å². The largest absolute Gasteiger partial charge is 0.484 e. The third-order valence-electron chi connectivity index (χ3n) is 4.30. The third-order valence-corrected chi connectivity index (χ3v) is 4.30. The average Bonchev–Trinajstić information content (AvgIpc) is 2.85. The number of alkyl halides is 3. The molecule has 0 amide bonds. The van der Waals surface area contributed by atoms with Gasteiger partial charge in [-0.05, 0) is 30.5 Å². The lowest BCUT2D eigenvalue weighted by Crippen LogP contribution is -2.41. The van der Waals surface area contributed by atoms with E-state index in [-0.39, 0.29) is 23.8 Å². The molecule has 0 bridgehead atoms. The van der Waals surface area contributed by atoms with Gasteiger partial charge in [0.05, 0.1) is 0 Å². The highest BCUT2D eigenvalue weighted by molar-refractivity contribution is 5.28. The molecule has 0 aliphatic heterocycles. The van der Waals surface area contributed by atoms with Gasteiger partial charge in [-0.25, -0.2) is 0 Å². The molecule has 1 aliphatic rings. The van der Waals surface area contributed by atoms with Crippen molar-refractivity contribution in [3.05, 3.63) is 29.8 Å². The van der Waals surface area contributed by atoms with Gasteiger partial charge in [0.15, 0.2) is 6.61 Å². The molecule has 1 saturated carbocycles. The van der Waals surface area contributed by atoms with Crippen LogP contribution in [0.1, 0.15) is 31.7 Å². The lowest BCUT2D eigenvalue weighted by molar-refractivity contribution is -0.153. The summed E-state index contributed by atoms with van der Waals surface area (Å²) in [6, 6.07) is 6.88. The topological polar surface area (TPSA) is 41.5 Å². The number of aliphatic hydroxyl groups is 1. The lowest BCUT2D eigenvalue weighted by atomic mass is 9.86. The summed E-state index contributed by atoms with van der Waals surface area (Å²) in [5.41, 5.74) is 0.747. The van der Waals surface area contributed by atoms with E-state index in [9.17, 15) is 18.3 Å². The Balaban J connectivity index is 1.91. The number of nitrogens with one attached hydrogen (secondary N) is 1. The highest BCUT2D eigenvalue weighted by Crippen LogP contribution is 2.37. The highest BCUT2D eigenvalue weighted by Gasteiger charge is 2.37. The number of rotatable bonds is 6. The van der Waals surface area contributed by atoms with Gasteiger partial charge >= 0.3 is 6.18 Å². The molecule has 1 aromatic rings. The van der Waals surface area contributed by atoms with Crippen molar-refractivity contribution in [2.75, 3.05) is 13.2 Å². The van der Waals surface area contributed by atoms with E-state index in [2.05, 4.69) is 12.2 Å². The van der Waals surface area contributed by atoms with Crippen LogP contribution in [-0.2, 0) is 6.54 Å². The maximum Gasteiger partial charge on any atom is 0.422 e. The predicted molar refractivity (Wildman–Crippen MR) is 77.7 cm³/mol. The summed E-state index contributed by atoms with van der Waals surface area (Å²) in [4.78, 5) is 0. The van der Waals surface area contributed by atoms with Gasteiger partial charge in [0, 0.05) is 24.6 Å². The van der Waals surface area contributed by atoms with Gasteiger partial charge in [0.1, 0.15) is 5.75 Å². The Morgan fingerprint density at radius 1 is 1.41 bits per heavy atom. The molecule has 0 heterocycles. The summed E-state index contributed by atoms with van der Waals surface area (Å²) < 4.78 is 41.2. The van der Waals surface area contributed by atoms with Crippen molar-refractivity contribution in [1.82, 2.24) is 5.32 Å². The first-order valence-electron chi connectivity index (χ1n) is 7.45. The van der Waals surface area contributed by atoms with Gasteiger partial charge < -0.3 is 15.2 Å². The first-order chi connectivity index (χ1) is 10.3. The van der Waals surface area contributed by atoms with E-state index in [0.29, 0.717) is 6.54 Å². The highest BCUT2D eigenvalue weighted by atomic mass is 19.4. The molecule has 3 nitrogen and oxygen atoms in total. The summed E-state index contributed by atoms with van der Waals surface area (Å²) in [5, 5.41) is 12.9. The van der Waals surface area contributed by atoms with Crippen LogP contribution in [0.4, 0.5) is 13.2 Å². The molecule has 0 spiro atoms. The number of benzene rings is 1. The molecule has 2 atom stereocenters. The second-order valence-electron chi connectivity index (χ2n) is 6.19. The van der Waals surface area contributed by atoms with Crippen molar-refractivity contribution >= 4 is 0 Å². The van der Waals surface area contributed by atoms with Crippen LogP contribution in [-0.4, -0.2) is 30.5 Å². The predicted octanol–water partition coefficient (Wildman–Crippen LogP) is 3.27. The summed E-state index contributed by atoms with van der Waals surface area (Å²) in [6.07, 6.45) is -1.28. The Bertz CT molecular complexity index is 493. The number of hydrogen-bond acceptors (Lipinski definition) is 3. The zero-order valence-electron chi connectivity index (χ0n) is 12.6. The second-order valence-corrected chi connectivity index (χ2v) is 6.19. The average molecular weight is 317 g/mol. The fraction of sp³-hybridized carbons (Fsp3) is 0.625. The Morgan fingerprint density at radius 2 is 2.18 bits per heavy atom. The van der Waals surface area contributed by atoms with Crippen molar-refractivity contribution in [1.29, 1.82) is 0 Å². The molecule has 2 N–H and O–H groups in total. The second kappa shape index (κ2) is 6.87. The van der Waals surface area contributed by atoms with E-state index in [1.54, 1.807) is 12.1 Å². The van der Waals surface area contributed by atoms with Crippen molar-refractivity contribution < 1.29 is 23.0 Å². The van der Waals surface area contributed by atoms with Crippen LogP contribution in [0.5, 0.6) is 5.75 Å². The number of aliphatic hydroxyl groups excluding tert-OH is 1. The quantitative estimate of drug-likeness (QED) is 0.846. The van der Waals surface area contributed by atoms with Crippen molar-refractivity contribution in [2.24, 2.45) is 5.41 Å². The Hall–Kier alpha value is -1.27. The first-order valence-corrected chi connectivity index (χ1v) is 7.45. The van der Waals surface area contributed by atoms with E-state index in [1.165, 1.54) is 6.07 Å². The number of halogens is 3. The molecule has 1 fully saturated rings. The maximum absolute atomic E-state index is 12.2. The zero-order valence-corrected chi connectivity index (χ0v) is 12.6. The summed E-state index contributed by atoms with van der Waals surface area (Å²) in [5.74, 6) is 0.216. The fourth-order valence-corrected chi connectivity index (χ4v) is 2.92. The lowest BCUT2D eigenvalue weighted by Gasteiger charge is -2.30. The molecule has 22 heavy (non-hydrogen) atoms. The Morgan fingerprint density at radius 3 is 2.86 bits per heavy atom. The standard InChI is InChI=1S/C16H22F3NO2/c1-15(10-21)7-3-6-14(15)20-9-12-4-2-5-13(8-12)22-11-16(17,18)19/h2,4-5,8,14,20-21H,3,6-7,9-11H2,1H3. The molecule has 1 aliphatic carbocycles. The minimum absolute atomic E-state index is 0.121. The first kappa shape index (κ1) is 17.1. The summed E-state index contributed by atoms with van der Waals surface area (Å²) >= 11 is 0. The van der Waals surface area contributed by atoms with Gasteiger partial charge in [-0.1, -0.05) is 25.5 Å². The van der Waals surface area contributed by atoms with Gasteiger partial charge in [-0.3, -0.25) is 0 Å². The molecule has 124 valence electrons. The van der Waals surface area contributed by atoms with Gasteiger partial charge in [-0.2, -0.15) is 13.2 Å². The van der Waals surface area contributed by atoms with E-state index < -0.39 is 12.8 Å². The van der Waals surface area contributed by atoms with Crippen molar-refractivity contribution in [2.45, 2.75) is 44.9 Å². The van der Waals surface area contributed by atoms with E-state index in [4.69, 9.17) is 4.74 Å². The van der Waals surface area contributed by atoms with E-state index in [0.717, 1.165) is 24.8 Å². The van der Waals surface area contributed by atoms with Crippen LogP contribution < -0.4 is 10.1 Å². The zero-order chi connectivity index (χ0) is 16.2. The molecule has 0 aromatic heterocycles. The Kier molecular flexibility index (Phi) is 5.34. The van der Waals surface area contributed by atoms with E-state index in [1.807, 2.05) is 6.07 Å². The smallest absolute Gasteiger partial charge is 0.422 e. The minimum atomic E-state index is -4.33. The molecule has 0 saturated heterocycles. The summed E-state index contributed by atoms with van der Waals surface area (Å²) in [7, 11) is 0. The van der Waals surface area contributed by atoms with E-state index >= 15 is 0 Å². The van der Waals surface area contributed by atoms with Crippen LogP contribution in [0.15, 0.2) is 24.3 Å².